The lowest BCUT2D eigenvalue weighted by atomic mass is 10.2. The normalized spacial score (nSPS) is 11.7. The average Bonchev–Trinajstić information content (AvgIpc) is 2.69. The molecule has 1 N–H and O–H groups in total. The highest BCUT2D eigenvalue weighted by molar-refractivity contribution is 7.92. The summed E-state index contributed by atoms with van der Waals surface area (Å²) in [7, 11) is 1.51. The van der Waals surface area contributed by atoms with Crippen LogP contribution >= 0.6 is 23.2 Å². The van der Waals surface area contributed by atoms with E-state index in [0.717, 1.165) is 13.0 Å². The van der Waals surface area contributed by atoms with Gasteiger partial charge in [0.1, 0.15) is 6.33 Å². The Labute approximate surface area is 191 Å². The SMILES string of the molecule is COc1cc2c(NS(=O)(=O)c3cc(Cl)cc(Cl)c3)ncnc2cc1OCCCN(C)C. The van der Waals surface area contributed by atoms with E-state index in [1.54, 1.807) is 12.1 Å². The van der Waals surface area contributed by atoms with E-state index in [1.807, 2.05) is 14.1 Å². The molecule has 1 heterocycles. The minimum atomic E-state index is -3.99. The molecular weight excluding hydrogens is 463 g/mol. The Morgan fingerprint density at radius 3 is 2.39 bits per heavy atom. The predicted octanol–water partition coefficient (Wildman–Crippen LogP) is 4.08. The number of methoxy groups -OCH3 is 1. The minimum absolute atomic E-state index is 0.0791. The third kappa shape index (κ3) is 5.88. The summed E-state index contributed by atoms with van der Waals surface area (Å²) in [5.41, 5.74) is 0.500. The first-order valence-electron chi connectivity index (χ1n) is 9.29. The van der Waals surface area contributed by atoms with Gasteiger partial charge in [-0.3, -0.25) is 4.72 Å². The Morgan fingerprint density at radius 2 is 1.74 bits per heavy atom. The van der Waals surface area contributed by atoms with E-state index in [2.05, 4.69) is 19.6 Å². The summed E-state index contributed by atoms with van der Waals surface area (Å²) in [5, 5.41) is 0.869. The standard InChI is InChI=1S/C20H22Cl2N4O4S/c1-26(2)5-4-6-30-19-11-17-16(10-18(19)29-3)20(24-12-23-17)25-31(27,28)15-8-13(21)7-14(22)9-15/h7-12H,4-6H2,1-3H3,(H,23,24,25). The van der Waals surface area contributed by atoms with Crippen LogP contribution in [0.2, 0.25) is 10.0 Å². The van der Waals surface area contributed by atoms with Gasteiger partial charge < -0.3 is 14.4 Å². The van der Waals surface area contributed by atoms with E-state index >= 15 is 0 Å². The van der Waals surface area contributed by atoms with Crippen LogP contribution in [0.5, 0.6) is 11.5 Å². The van der Waals surface area contributed by atoms with Gasteiger partial charge in [0.2, 0.25) is 0 Å². The Balaban J connectivity index is 1.93. The lowest BCUT2D eigenvalue weighted by Gasteiger charge is -2.15. The number of aromatic nitrogens is 2. The zero-order chi connectivity index (χ0) is 22.6. The van der Waals surface area contributed by atoms with Gasteiger partial charge in [0.05, 0.1) is 24.1 Å². The fourth-order valence-electron chi connectivity index (χ4n) is 2.85. The van der Waals surface area contributed by atoms with Crippen molar-refractivity contribution in [2.75, 3.05) is 39.1 Å². The van der Waals surface area contributed by atoms with Crippen LogP contribution in [0.3, 0.4) is 0 Å². The minimum Gasteiger partial charge on any atom is -0.493 e. The molecule has 166 valence electrons. The van der Waals surface area contributed by atoms with Crippen molar-refractivity contribution in [3.8, 4) is 11.5 Å². The van der Waals surface area contributed by atoms with Gasteiger partial charge in [0.15, 0.2) is 17.3 Å². The van der Waals surface area contributed by atoms with Crippen LogP contribution in [-0.4, -0.2) is 57.6 Å². The van der Waals surface area contributed by atoms with Crippen LogP contribution in [0, 0.1) is 0 Å². The summed E-state index contributed by atoms with van der Waals surface area (Å²) in [4.78, 5) is 10.3. The molecule has 0 aliphatic rings. The number of anilines is 1. The largest absolute Gasteiger partial charge is 0.493 e. The Kier molecular flexibility index (Phi) is 7.42. The second-order valence-electron chi connectivity index (χ2n) is 6.96. The van der Waals surface area contributed by atoms with E-state index < -0.39 is 10.0 Å². The molecule has 0 spiro atoms. The molecule has 31 heavy (non-hydrogen) atoms. The van der Waals surface area contributed by atoms with Crippen LogP contribution in [0.25, 0.3) is 10.9 Å². The number of halogens is 2. The summed E-state index contributed by atoms with van der Waals surface area (Å²) in [6, 6.07) is 7.39. The number of nitrogens with zero attached hydrogens (tertiary/aromatic N) is 3. The molecule has 0 bridgehead atoms. The maximum Gasteiger partial charge on any atom is 0.263 e. The predicted molar refractivity (Wildman–Crippen MR) is 122 cm³/mol. The van der Waals surface area contributed by atoms with E-state index in [0.29, 0.717) is 29.0 Å². The molecule has 0 aliphatic heterocycles. The second kappa shape index (κ2) is 9.86. The monoisotopic (exact) mass is 484 g/mol. The number of fused-ring (bicyclic) bond motifs is 1. The van der Waals surface area contributed by atoms with Crippen molar-refractivity contribution in [1.29, 1.82) is 0 Å². The molecule has 3 aromatic rings. The van der Waals surface area contributed by atoms with Gasteiger partial charge in [-0.2, -0.15) is 0 Å². The number of hydrogen-bond acceptors (Lipinski definition) is 7. The molecule has 1 aromatic heterocycles. The topological polar surface area (TPSA) is 93.6 Å². The van der Waals surface area contributed by atoms with Crippen molar-refractivity contribution < 1.29 is 17.9 Å². The van der Waals surface area contributed by atoms with E-state index in [9.17, 15) is 8.42 Å². The third-order valence-corrected chi connectivity index (χ3v) is 6.06. The molecule has 0 aliphatic carbocycles. The van der Waals surface area contributed by atoms with Crippen molar-refractivity contribution >= 4 is 49.9 Å². The van der Waals surface area contributed by atoms with Gasteiger partial charge in [0.25, 0.3) is 10.0 Å². The molecule has 11 heteroatoms. The fourth-order valence-corrected chi connectivity index (χ4v) is 4.61. The molecule has 3 rings (SSSR count). The summed E-state index contributed by atoms with van der Waals surface area (Å²) in [5.74, 6) is 1.06. The van der Waals surface area contributed by atoms with Crippen molar-refractivity contribution in [2.24, 2.45) is 0 Å². The van der Waals surface area contributed by atoms with E-state index in [1.165, 1.54) is 31.6 Å². The van der Waals surface area contributed by atoms with Crippen LogP contribution in [-0.2, 0) is 10.0 Å². The van der Waals surface area contributed by atoms with Gasteiger partial charge in [-0.15, -0.1) is 0 Å². The third-order valence-electron chi connectivity index (χ3n) is 4.31. The maximum atomic E-state index is 12.9. The highest BCUT2D eigenvalue weighted by Gasteiger charge is 2.19. The smallest absolute Gasteiger partial charge is 0.263 e. The first kappa shape index (κ1) is 23.3. The number of hydrogen-bond donors (Lipinski definition) is 1. The Morgan fingerprint density at radius 1 is 1.03 bits per heavy atom. The number of ether oxygens (including phenoxy) is 2. The van der Waals surface area contributed by atoms with Crippen molar-refractivity contribution in [3.05, 3.63) is 46.7 Å². The maximum absolute atomic E-state index is 12.9. The highest BCUT2D eigenvalue weighted by Crippen LogP contribution is 2.35. The molecule has 8 nitrogen and oxygen atoms in total. The molecule has 2 aromatic carbocycles. The zero-order valence-corrected chi connectivity index (χ0v) is 19.6. The van der Waals surface area contributed by atoms with Crippen molar-refractivity contribution in [2.45, 2.75) is 11.3 Å². The number of nitrogens with one attached hydrogen (secondary N) is 1. The Hall–Kier alpha value is -2.33. The average molecular weight is 485 g/mol. The van der Waals surface area contributed by atoms with Gasteiger partial charge in [-0.05, 0) is 44.8 Å². The number of benzene rings is 2. The molecule has 0 saturated heterocycles. The fraction of sp³-hybridized carbons (Fsp3) is 0.300. The molecule has 0 atom stereocenters. The summed E-state index contributed by atoms with van der Waals surface area (Å²) >= 11 is 11.9. The van der Waals surface area contributed by atoms with Crippen LogP contribution in [0.15, 0.2) is 41.6 Å². The Bertz CT molecular complexity index is 1170. The van der Waals surface area contributed by atoms with Gasteiger partial charge in [-0.1, -0.05) is 23.2 Å². The molecular formula is C20H22Cl2N4O4S. The summed E-state index contributed by atoms with van der Waals surface area (Å²) in [6.07, 6.45) is 2.11. The highest BCUT2D eigenvalue weighted by atomic mass is 35.5. The van der Waals surface area contributed by atoms with Crippen LogP contribution in [0.4, 0.5) is 5.82 Å². The lowest BCUT2D eigenvalue weighted by molar-refractivity contribution is 0.268. The number of sulfonamides is 1. The molecule has 0 saturated carbocycles. The summed E-state index contributed by atoms with van der Waals surface area (Å²) < 4.78 is 39.4. The van der Waals surface area contributed by atoms with Crippen molar-refractivity contribution in [3.63, 3.8) is 0 Å². The van der Waals surface area contributed by atoms with Crippen LogP contribution < -0.4 is 14.2 Å². The molecule has 0 radical (unpaired) electrons. The van der Waals surface area contributed by atoms with Crippen LogP contribution in [0.1, 0.15) is 6.42 Å². The first-order valence-corrected chi connectivity index (χ1v) is 11.5. The van der Waals surface area contributed by atoms with Gasteiger partial charge >= 0.3 is 0 Å². The quantitative estimate of drug-likeness (QED) is 0.457. The lowest BCUT2D eigenvalue weighted by Crippen LogP contribution is -2.16. The first-order chi connectivity index (χ1) is 14.7. The molecule has 0 fully saturated rings. The van der Waals surface area contributed by atoms with Gasteiger partial charge in [-0.25, -0.2) is 18.4 Å². The van der Waals surface area contributed by atoms with E-state index in [4.69, 9.17) is 32.7 Å². The number of rotatable bonds is 9. The van der Waals surface area contributed by atoms with Gasteiger partial charge in [0, 0.05) is 28.0 Å². The summed E-state index contributed by atoms with van der Waals surface area (Å²) in [6.45, 7) is 1.39. The second-order valence-corrected chi connectivity index (χ2v) is 9.51. The molecule has 0 amide bonds. The van der Waals surface area contributed by atoms with Crippen molar-refractivity contribution in [1.82, 2.24) is 14.9 Å². The molecule has 0 unspecified atom stereocenters. The zero-order valence-electron chi connectivity index (χ0n) is 17.2. The van der Waals surface area contributed by atoms with E-state index in [-0.39, 0.29) is 20.8 Å².